The molecular weight excluding hydrogens is 280 g/mol. The molecular formula is C18H24O4. The zero-order valence-electron chi connectivity index (χ0n) is 13.7. The van der Waals surface area contributed by atoms with E-state index < -0.39 is 11.4 Å². The normalized spacial score (nSPS) is 19.5. The monoisotopic (exact) mass is 304 g/mol. The highest BCUT2D eigenvalue weighted by Crippen LogP contribution is 2.42. The molecule has 0 fully saturated rings. The van der Waals surface area contributed by atoms with Crippen LogP contribution in [-0.4, -0.2) is 24.0 Å². The summed E-state index contributed by atoms with van der Waals surface area (Å²) in [4.78, 5) is 24.4. The van der Waals surface area contributed by atoms with E-state index in [1.165, 1.54) is 0 Å². The van der Waals surface area contributed by atoms with E-state index in [9.17, 15) is 14.7 Å². The van der Waals surface area contributed by atoms with Crippen molar-refractivity contribution in [1.82, 2.24) is 0 Å². The van der Waals surface area contributed by atoms with Gasteiger partial charge in [0, 0.05) is 11.5 Å². The number of aryl methyl sites for hydroxylation is 1. The molecule has 0 heterocycles. The lowest BCUT2D eigenvalue weighted by Gasteiger charge is -2.37. The molecule has 1 aliphatic rings. The summed E-state index contributed by atoms with van der Waals surface area (Å²) in [5.41, 5.74) is 0.819. The minimum atomic E-state index is -0.904. The summed E-state index contributed by atoms with van der Waals surface area (Å²) in [6.07, 6.45) is 2.17. The van der Waals surface area contributed by atoms with E-state index in [1.807, 2.05) is 19.1 Å². The highest BCUT2D eigenvalue weighted by molar-refractivity contribution is 6.00. The lowest BCUT2D eigenvalue weighted by Crippen LogP contribution is -2.41. The molecule has 1 aromatic carbocycles. The number of ketones is 1. The molecule has 0 spiro atoms. The zero-order chi connectivity index (χ0) is 16.5. The summed E-state index contributed by atoms with van der Waals surface area (Å²) in [5, 5.41) is 9.50. The van der Waals surface area contributed by atoms with Crippen molar-refractivity contribution in [2.45, 2.75) is 40.0 Å². The van der Waals surface area contributed by atoms with Crippen molar-refractivity contribution < 1.29 is 19.4 Å². The second kappa shape index (κ2) is 6.11. The van der Waals surface area contributed by atoms with E-state index in [2.05, 4.69) is 0 Å². The Morgan fingerprint density at radius 2 is 2.14 bits per heavy atom. The van der Waals surface area contributed by atoms with E-state index in [1.54, 1.807) is 27.0 Å². The molecule has 120 valence electrons. The molecule has 0 aromatic heterocycles. The summed E-state index contributed by atoms with van der Waals surface area (Å²) in [6, 6.07) is 5.51. The first-order valence-corrected chi connectivity index (χ1v) is 7.77. The van der Waals surface area contributed by atoms with Gasteiger partial charge in [-0.05, 0) is 56.4 Å². The number of benzene rings is 1. The summed E-state index contributed by atoms with van der Waals surface area (Å²) < 4.78 is 5.21. The molecule has 0 saturated carbocycles. The first kappa shape index (κ1) is 16.5. The molecule has 0 aliphatic heterocycles. The Hall–Kier alpha value is -1.84. The third-order valence-corrected chi connectivity index (χ3v) is 5.04. The zero-order valence-corrected chi connectivity index (χ0v) is 13.7. The molecule has 0 unspecified atom stereocenters. The lowest BCUT2D eigenvalue weighted by atomic mass is 9.65. The summed E-state index contributed by atoms with van der Waals surface area (Å²) in [5.74, 6) is -0.398. The average molecular weight is 304 g/mol. The van der Waals surface area contributed by atoms with Crippen LogP contribution in [0.25, 0.3) is 0 Å². The largest absolute Gasteiger partial charge is 0.497 e. The number of hydrogen-bond acceptors (Lipinski definition) is 3. The summed E-state index contributed by atoms with van der Waals surface area (Å²) in [7, 11) is 1.61. The number of carboxylic acid groups (broad SMARTS) is 1. The Morgan fingerprint density at radius 1 is 1.45 bits per heavy atom. The molecule has 1 N–H and O–H groups in total. The second-order valence-electron chi connectivity index (χ2n) is 6.57. The maximum atomic E-state index is 12.9. The molecule has 0 bridgehead atoms. The number of ether oxygens (including phenoxy) is 1. The quantitative estimate of drug-likeness (QED) is 0.903. The Labute approximate surface area is 131 Å². The van der Waals surface area contributed by atoms with Crippen LogP contribution < -0.4 is 4.74 Å². The van der Waals surface area contributed by atoms with Crippen molar-refractivity contribution in [3.8, 4) is 5.75 Å². The van der Waals surface area contributed by atoms with E-state index in [0.29, 0.717) is 12.8 Å². The Balaban J connectivity index is 2.35. The van der Waals surface area contributed by atoms with Crippen LogP contribution in [0, 0.1) is 17.3 Å². The highest BCUT2D eigenvalue weighted by atomic mass is 16.5. The smallest absolute Gasteiger partial charge is 0.309 e. The van der Waals surface area contributed by atoms with E-state index in [4.69, 9.17) is 4.74 Å². The Morgan fingerprint density at radius 3 is 2.68 bits per heavy atom. The van der Waals surface area contributed by atoms with Gasteiger partial charge in [0.05, 0.1) is 12.5 Å². The van der Waals surface area contributed by atoms with Gasteiger partial charge in [0.2, 0.25) is 0 Å². The topological polar surface area (TPSA) is 63.6 Å². The van der Waals surface area contributed by atoms with Crippen molar-refractivity contribution in [3.05, 3.63) is 29.3 Å². The molecule has 1 aromatic rings. The van der Waals surface area contributed by atoms with Crippen LogP contribution in [-0.2, 0) is 11.2 Å². The first-order chi connectivity index (χ1) is 10.3. The standard InChI is InChI=1S/C18H24O4/c1-5-15(18(2,3)17(20)21)14-8-6-11-10-12(22-4)7-9-13(11)16(14)19/h7,9-10,14-15H,5-6,8H2,1-4H3,(H,20,21)/t14-,15-/m0/s1. The summed E-state index contributed by atoms with van der Waals surface area (Å²) >= 11 is 0. The van der Waals surface area contributed by atoms with Gasteiger partial charge in [0.15, 0.2) is 5.78 Å². The van der Waals surface area contributed by atoms with E-state index in [-0.39, 0.29) is 17.6 Å². The molecule has 4 heteroatoms. The predicted molar refractivity (Wildman–Crippen MR) is 84.3 cm³/mol. The van der Waals surface area contributed by atoms with Gasteiger partial charge in [-0.3, -0.25) is 9.59 Å². The lowest BCUT2D eigenvalue weighted by molar-refractivity contribution is -0.151. The number of hydrogen-bond donors (Lipinski definition) is 1. The number of aliphatic carboxylic acids is 1. The van der Waals surface area contributed by atoms with Gasteiger partial charge in [-0.2, -0.15) is 0 Å². The third kappa shape index (κ3) is 2.74. The van der Waals surface area contributed by atoms with Gasteiger partial charge < -0.3 is 9.84 Å². The van der Waals surface area contributed by atoms with Gasteiger partial charge in [0.1, 0.15) is 5.75 Å². The van der Waals surface area contributed by atoms with Crippen LogP contribution in [0.4, 0.5) is 0 Å². The summed E-state index contributed by atoms with van der Waals surface area (Å²) in [6.45, 7) is 5.41. The van der Waals surface area contributed by atoms with Gasteiger partial charge in [0.25, 0.3) is 0 Å². The molecule has 4 nitrogen and oxygen atoms in total. The number of fused-ring (bicyclic) bond motifs is 1. The Bertz CT molecular complexity index is 589. The number of carbonyl (C=O) groups excluding carboxylic acids is 1. The maximum absolute atomic E-state index is 12.9. The molecule has 2 rings (SSSR count). The minimum Gasteiger partial charge on any atom is -0.497 e. The SMILES string of the molecule is CC[C@@H]([C@@H]1CCc2cc(OC)ccc2C1=O)C(C)(C)C(=O)O. The molecule has 1 aliphatic carbocycles. The van der Waals surface area contributed by atoms with E-state index >= 15 is 0 Å². The first-order valence-electron chi connectivity index (χ1n) is 7.77. The van der Waals surface area contributed by atoms with Gasteiger partial charge >= 0.3 is 5.97 Å². The fraction of sp³-hybridized carbons (Fsp3) is 0.556. The van der Waals surface area contributed by atoms with Crippen molar-refractivity contribution in [2.75, 3.05) is 7.11 Å². The van der Waals surface area contributed by atoms with Crippen molar-refractivity contribution in [3.63, 3.8) is 0 Å². The molecule has 0 radical (unpaired) electrons. The van der Waals surface area contributed by atoms with Gasteiger partial charge in [-0.25, -0.2) is 0 Å². The fourth-order valence-corrected chi connectivity index (χ4v) is 3.63. The van der Waals surface area contributed by atoms with Crippen LogP contribution >= 0.6 is 0 Å². The van der Waals surface area contributed by atoms with Gasteiger partial charge in [-0.1, -0.05) is 13.3 Å². The number of rotatable bonds is 5. The number of carbonyl (C=O) groups is 2. The highest BCUT2D eigenvalue weighted by Gasteiger charge is 2.44. The van der Waals surface area contributed by atoms with Crippen LogP contribution in [0.1, 0.15) is 49.5 Å². The fourth-order valence-electron chi connectivity index (χ4n) is 3.63. The minimum absolute atomic E-state index is 0.0741. The van der Waals surface area contributed by atoms with Crippen molar-refractivity contribution in [2.24, 2.45) is 17.3 Å². The van der Waals surface area contributed by atoms with Gasteiger partial charge in [-0.15, -0.1) is 0 Å². The number of methoxy groups -OCH3 is 1. The Kier molecular flexibility index (Phi) is 4.59. The van der Waals surface area contributed by atoms with Crippen LogP contribution in [0.5, 0.6) is 5.75 Å². The van der Waals surface area contributed by atoms with Crippen LogP contribution in [0.3, 0.4) is 0 Å². The third-order valence-electron chi connectivity index (χ3n) is 5.04. The predicted octanol–water partition coefficient (Wildman–Crippen LogP) is 3.58. The number of Topliss-reactive ketones (excluding diaryl/α,β-unsaturated/α-hetero) is 1. The second-order valence-corrected chi connectivity index (χ2v) is 6.57. The van der Waals surface area contributed by atoms with Crippen LogP contribution in [0.15, 0.2) is 18.2 Å². The molecule has 0 amide bonds. The van der Waals surface area contributed by atoms with Crippen molar-refractivity contribution in [1.29, 1.82) is 0 Å². The molecule has 22 heavy (non-hydrogen) atoms. The molecule has 2 atom stereocenters. The van der Waals surface area contributed by atoms with Crippen molar-refractivity contribution >= 4 is 11.8 Å². The van der Waals surface area contributed by atoms with Crippen LogP contribution in [0.2, 0.25) is 0 Å². The molecule has 0 saturated heterocycles. The number of carboxylic acids is 1. The average Bonchev–Trinajstić information content (AvgIpc) is 2.49. The van der Waals surface area contributed by atoms with E-state index in [0.717, 1.165) is 23.3 Å². The maximum Gasteiger partial charge on any atom is 0.309 e.